The van der Waals surface area contributed by atoms with Crippen LogP contribution in [0.3, 0.4) is 0 Å². The van der Waals surface area contributed by atoms with Crippen LogP contribution < -0.4 is 23.7 Å². The van der Waals surface area contributed by atoms with E-state index in [2.05, 4.69) is 13.8 Å². The summed E-state index contributed by atoms with van der Waals surface area (Å²) in [4.78, 5) is 18.9. The van der Waals surface area contributed by atoms with Gasteiger partial charge < -0.3 is 33.2 Å². The van der Waals surface area contributed by atoms with Gasteiger partial charge in [-0.3, -0.25) is 0 Å². The minimum atomic E-state index is -1.49. The number of nitrogens with zero attached hydrogens (tertiary/aromatic N) is 1. The molecule has 0 amide bonds. The van der Waals surface area contributed by atoms with Gasteiger partial charge in [0.2, 0.25) is 17.2 Å². The number of cyclic esters (lactones) is 1. The van der Waals surface area contributed by atoms with Gasteiger partial charge in [-0.1, -0.05) is 19.9 Å². The van der Waals surface area contributed by atoms with Gasteiger partial charge in [-0.15, -0.1) is 0 Å². The van der Waals surface area contributed by atoms with Gasteiger partial charge in [0.25, 0.3) is 0 Å². The number of methoxy groups -OCH3 is 5. The van der Waals surface area contributed by atoms with Crippen LogP contribution in [0.15, 0.2) is 35.3 Å². The summed E-state index contributed by atoms with van der Waals surface area (Å²) >= 11 is 0. The average Bonchev–Trinajstić information content (AvgIpc) is 3.39. The van der Waals surface area contributed by atoms with Crippen LogP contribution in [0.4, 0.5) is 0 Å². The number of hydrogen-bond donors (Lipinski definition) is 0. The van der Waals surface area contributed by atoms with Crippen molar-refractivity contribution >= 4 is 11.9 Å². The van der Waals surface area contributed by atoms with Crippen LogP contribution in [-0.2, 0) is 19.8 Å². The molecule has 9 nitrogen and oxygen atoms in total. The van der Waals surface area contributed by atoms with Crippen LogP contribution in [0.5, 0.6) is 28.7 Å². The third kappa shape index (κ3) is 3.91. The maximum absolute atomic E-state index is 13.9. The van der Waals surface area contributed by atoms with E-state index in [9.17, 15) is 4.79 Å². The first-order chi connectivity index (χ1) is 17.1. The largest absolute Gasteiger partial charge is 0.493 e. The Kier molecular flexibility index (Phi) is 6.55. The molecule has 0 spiro atoms. The number of benzene rings is 2. The maximum Gasteiger partial charge on any atom is 0.348 e. The molecule has 36 heavy (non-hydrogen) atoms. The summed E-state index contributed by atoms with van der Waals surface area (Å²) in [5.74, 6) is 1.85. The van der Waals surface area contributed by atoms with Gasteiger partial charge in [0.1, 0.15) is 5.60 Å². The highest BCUT2D eigenvalue weighted by Crippen LogP contribution is 2.54. The summed E-state index contributed by atoms with van der Waals surface area (Å²) < 4.78 is 39.6. The Morgan fingerprint density at radius 1 is 0.806 bits per heavy atom. The molecule has 0 radical (unpaired) electrons. The number of hydrogen-bond acceptors (Lipinski definition) is 9. The second-order valence-corrected chi connectivity index (χ2v) is 9.86. The minimum absolute atomic E-state index is 0.128. The van der Waals surface area contributed by atoms with Crippen molar-refractivity contribution in [3.8, 4) is 28.7 Å². The predicted molar refractivity (Wildman–Crippen MR) is 133 cm³/mol. The zero-order valence-corrected chi connectivity index (χ0v) is 22.0. The monoisotopic (exact) mass is 499 g/mol. The van der Waals surface area contributed by atoms with Crippen LogP contribution in [0.25, 0.3) is 0 Å². The van der Waals surface area contributed by atoms with Crippen molar-refractivity contribution in [2.45, 2.75) is 38.3 Å². The van der Waals surface area contributed by atoms with E-state index in [-0.39, 0.29) is 11.3 Å². The standard InChI is InChI=1S/C27H33NO8/c1-25(2)14-26(3,35-15-25)27(17-9-10-18(30-4)19(13-17)31-5)24(29)36-23(28-27)16-11-20(32-6)22(34-8)21(12-16)33-7/h9-13H,14-15H2,1-8H3/t26-,27+/m1/s1. The fourth-order valence-electron chi connectivity index (χ4n) is 5.20. The van der Waals surface area contributed by atoms with Crippen LogP contribution in [0, 0.1) is 5.41 Å². The Hall–Kier alpha value is -3.46. The maximum atomic E-state index is 13.9. The number of esters is 1. The van der Waals surface area contributed by atoms with Crippen LogP contribution in [-0.4, -0.2) is 59.6 Å². The molecule has 1 fully saturated rings. The lowest BCUT2D eigenvalue weighted by molar-refractivity contribution is -0.150. The number of aliphatic imine (C=N–C) groups is 1. The topological polar surface area (TPSA) is 94.0 Å². The van der Waals surface area contributed by atoms with E-state index in [0.717, 1.165) is 0 Å². The van der Waals surface area contributed by atoms with Gasteiger partial charge >= 0.3 is 5.97 Å². The van der Waals surface area contributed by atoms with Gasteiger partial charge in [0.05, 0.1) is 42.2 Å². The zero-order valence-electron chi connectivity index (χ0n) is 22.0. The Morgan fingerprint density at radius 3 is 1.92 bits per heavy atom. The first-order valence-corrected chi connectivity index (χ1v) is 11.6. The van der Waals surface area contributed by atoms with E-state index < -0.39 is 17.1 Å². The van der Waals surface area contributed by atoms with Crippen LogP contribution in [0.1, 0.15) is 38.3 Å². The first-order valence-electron chi connectivity index (χ1n) is 11.6. The van der Waals surface area contributed by atoms with Crippen molar-refractivity contribution in [3.05, 3.63) is 41.5 Å². The molecule has 2 aliphatic rings. The normalized spacial score (nSPS) is 24.7. The van der Waals surface area contributed by atoms with Gasteiger partial charge in [-0.05, 0) is 48.6 Å². The lowest BCUT2D eigenvalue weighted by Crippen LogP contribution is -2.52. The van der Waals surface area contributed by atoms with Crippen molar-refractivity contribution in [2.24, 2.45) is 10.4 Å². The van der Waals surface area contributed by atoms with E-state index in [4.69, 9.17) is 38.2 Å². The average molecular weight is 500 g/mol. The zero-order chi connectivity index (χ0) is 26.3. The highest BCUT2D eigenvalue weighted by Gasteiger charge is 2.65. The predicted octanol–water partition coefficient (Wildman–Crippen LogP) is 4.13. The summed E-state index contributed by atoms with van der Waals surface area (Å²) in [5.41, 5.74) is -1.57. The Labute approximate surface area is 211 Å². The molecule has 0 aliphatic carbocycles. The van der Waals surface area contributed by atoms with E-state index >= 15 is 0 Å². The molecule has 2 aromatic carbocycles. The molecule has 0 saturated carbocycles. The highest BCUT2D eigenvalue weighted by molar-refractivity contribution is 6.09. The van der Waals surface area contributed by atoms with Crippen LogP contribution >= 0.6 is 0 Å². The third-order valence-electron chi connectivity index (χ3n) is 6.83. The molecular formula is C27H33NO8. The molecule has 4 rings (SSSR count). The lowest BCUT2D eigenvalue weighted by atomic mass is 9.70. The van der Waals surface area contributed by atoms with E-state index in [1.165, 1.54) is 21.3 Å². The smallest absolute Gasteiger partial charge is 0.348 e. The van der Waals surface area contributed by atoms with Crippen molar-refractivity contribution < 1.29 is 38.0 Å². The van der Waals surface area contributed by atoms with Crippen molar-refractivity contribution in [3.63, 3.8) is 0 Å². The van der Waals surface area contributed by atoms with Crippen molar-refractivity contribution in [1.82, 2.24) is 0 Å². The second-order valence-electron chi connectivity index (χ2n) is 9.86. The Balaban J connectivity index is 1.95. The highest BCUT2D eigenvalue weighted by atomic mass is 16.6. The number of rotatable bonds is 8. The van der Waals surface area contributed by atoms with Crippen LogP contribution in [0.2, 0.25) is 0 Å². The Morgan fingerprint density at radius 2 is 1.42 bits per heavy atom. The summed E-state index contributed by atoms with van der Waals surface area (Å²) in [6.45, 7) is 6.58. The van der Waals surface area contributed by atoms with Gasteiger partial charge in [-0.2, -0.15) is 0 Å². The fourth-order valence-corrected chi connectivity index (χ4v) is 5.20. The Bertz CT molecular complexity index is 1180. The summed E-state index contributed by atoms with van der Waals surface area (Å²) in [5, 5.41) is 0. The summed E-state index contributed by atoms with van der Waals surface area (Å²) in [7, 11) is 7.67. The summed E-state index contributed by atoms with van der Waals surface area (Å²) in [6.07, 6.45) is 0.579. The van der Waals surface area contributed by atoms with Gasteiger partial charge in [-0.25, -0.2) is 9.79 Å². The first kappa shape index (κ1) is 25.6. The number of ether oxygens (including phenoxy) is 7. The quantitative estimate of drug-likeness (QED) is 0.501. The molecule has 1 saturated heterocycles. The molecule has 194 valence electrons. The van der Waals surface area contributed by atoms with E-state index in [1.807, 2.05) is 6.92 Å². The number of carbonyl (C=O) groups is 1. The minimum Gasteiger partial charge on any atom is -0.493 e. The van der Waals surface area contributed by atoms with E-state index in [1.54, 1.807) is 44.6 Å². The van der Waals surface area contributed by atoms with E-state index in [0.29, 0.717) is 52.9 Å². The number of carbonyl (C=O) groups excluding carboxylic acids is 1. The molecule has 2 heterocycles. The van der Waals surface area contributed by atoms with Gasteiger partial charge in [0, 0.05) is 5.56 Å². The van der Waals surface area contributed by atoms with Gasteiger partial charge in [0.15, 0.2) is 23.0 Å². The lowest BCUT2D eigenvalue weighted by Gasteiger charge is -2.38. The van der Waals surface area contributed by atoms with Crippen molar-refractivity contribution in [2.75, 3.05) is 42.2 Å². The molecule has 2 aromatic rings. The molecular weight excluding hydrogens is 466 g/mol. The molecule has 0 aromatic heterocycles. The summed E-state index contributed by atoms with van der Waals surface area (Å²) in [6, 6.07) is 8.69. The molecule has 2 atom stereocenters. The second kappa shape index (κ2) is 9.20. The third-order valence-corrected chi connectivity index (χ3v) is 6.83. The molecule has 0 unspecified atom stereocenters. The SMILES string of the molecule is COc1ccc([C@]2([C@@]3(C)CC(C)(C)CO3)N=C(c3cc(OC)c(OC)c(OC)c3)OC2=O)cc1OC. The molecule has 9 heteroatoms. The van der Waals surface area contributed by atoms with Crippen molar-refractivity contribution in [1.29, 1.82) is 0 Å². The molecule has 2 aliphatic heterocycles. The fraction of sp³-hybridized carbons (Fsp3) is 0.481. The molecule has 0 bridgehead atoms. The molecule has 0 N–H and O–H groups in total.